The summed E-state index contributed by atoms with van der Waals surface area (Å²) in [6, 6.07) is 3.95. The van der Waals surface area contributed by atoms with Gasteiger partial charge in [-0.1, -0.05) is 6.92 Å². The topological polar surface area (TPSA) is 60.6 Å². The summed E-state index contributed by atoms with van der Waals surface area (Å²) in [5.74, 6) is 1.40. The van der Waals surface area contributed by atoms with Crippen LogP contribution in [0.2, 0.25) is 0 Å². The van der Waals surface area contributed by atoms with Crippen LogP contribution in [0.1, 0.15) is 13.3 Å². The van der Waals surface area contributed by atoms with Gasteiger partial charge in [-0.15, -0.1) is 0 Å². The SMILES string of the molecule is CCC1COCCN1c1nc(OC)ccc1N. The van der Waals surface area contributed by atoms with Gasteiger partial charge >= 0.3 is 0 Å². The first-order valence-electron chi connectivity index (χ1n) is 5.91. The molecule has 0 aliphatic carbocycles. The number of nitrogens with two attached hydrogens (primary N) is 1. The van der Waals surface area contributed by atoms with Crippen molar-refractivity contribution in [2.24, 2.45) is 0 Å². The molecule has 0 amide bonds. The number of nitrogen functional groups attached to an aromatic ring is 1. The number of ether oxygens (including phenoxy) is 2. The summed E-state index contributed by atoms with van der Waals surface area (Å²) in [6.07, 6.45) is 1.01. The van der Waals surface area contributed by atoms with Crippen molar-refractivity contribution in [2.45, 2.75) is 19.4 Å². The van der Waals surface area contributed by atoms with Crippen LogP contribution < -0.4 is 15.4 Å². The van der Waals surface area contributed by atoms with E-state index >= 15 is 0 Å². The molecule has 94 valence electrons. The molecule has 2 rings (SSSR count). The molecule has 1 aliphatic rings. The van der Waals surface area contributed by atoms with E-state index in [-0.39, 0.29) is 0 Å². The Morgan fingerprint density at radius 1 is 1.59 bits per heavy atom. The molecule has 0 spiro atoms. The van der Waals surface area contributed by atoms with E-state index in [4.69, 9.17) is 15.2 Å². The van der Waals surface area contributed by atoms with Gasteiger partial charge in [0, 0.05) is 12.6 Å². The minimum Gasteiger partial charge on any atom is -0.481 e. The zero-order valence-electron chi connectivity index (χ0n) is 10.3. The molecule has 17 heavy (non-hydrogen) atoms. The lowest BCUT2D eigenvalue weighted by molar-refractivity contribution is 0.0926. The molecule has 2 N–H and O–H groups in total. The highest BCUT2D eigenvalue weighted by Crippen LogP contribution is 2.27. The number of hydrogen-bond acceptors (Lipinski definition) is 5. The number of rotatable bonds is 3. The molecule has 0 radical (unpaired) electrons. The monoisotopic (exact) mass is 237 g/mol. The molecule has 1 saturated heterocycles. The Kier molecular flexibility index (Phi) is 3.68. The second-order valence-electron chi connectivity index (χ2n) is 4.10. The second kappa shape index (κ2) is 5.23. The maximum Gasteiger partial charge on any atom is 0.215 e. The standard InChI is InChI=1S/C12H19N3O2/c1-3-9-8-17-7-6-15(9)12-10(13)4-5-11(14-12)16-2/h4-5,9H,3,6-8,13H2,1-2H3. The first-order chi connectivity index (χ1) is 8.26. The Morgan fingerprint density at radius 2 is 2.41 bits per heavy atom. The maximum absolute atomic E-state index is 5.99. The van der Waals surface area contributed by atoms with Crippen molar-refractivity contribution in [2.75, 3.05) is 37.5 Å². The molecule has 1 aliphatic heterocycles. The third-order valence-corrected chi connectivity index (χ3v) is 3.06. The average molecular weight is 237 g/mol. The van der Waals surface area contributed by atoms with E-state index in [0.29, 0.717) is 17.6 Å². The molecule has 1 unspecified atom stereocenters. The fraction of sp³-hybridized carbons (Fsp3) is 0.583. The summed E-state index contributed by atoms with van der Waals surface area (Å²) in [5.41, 5.74) is 6.68. The van der Waals surface area contributed by atoms with Crippen LogP contribution in [0.5, 0.6) is 5.88 Å². The number of morpholine rings is 1. The molecule has 0 bridgehead atoms. The Hall–Kier alpha value is -1.49. The van der Waals surface area contributed by atoms with Crippen LogP contribution in [0, 0.1) is 0 Å². The van der Waals surface area contributed by atoms with E-state index in [2.05, 4.69) is 16.8 Å². The zero-order valence-corrected chi connectivity index (χ0v) is 10.3. The lowest BCUT2D eigenvalue weighted by Crippen LogP contribution is -2.45. The maximum atomic E-state index is 5.99. The highest BCUT2D eigenvalue weighted by Gasteiger charge is 2.24. The van der Waals surface area contributed by atoms with Crippen LogP contribution >= 0.6 is 0 Å². The predicted octanol–water partition coefficient (Wildman–Crippen LogP) is 1.29. The Balaban J connectivity index is 2.30. The van der Waals surface area contributed by atoms with Crippen molar-refractivity contribution in [1.29, 1.82) is 0 Å². The van der Waals surface area contributed by atoms with Gasteiger partial charge in [0.15, 0.2) is 5.82 Å². The largest absolute Gasteiger partial charge is 0.481 e. The fourth-order valence-corrected chi connectivity index (χ4v) is 2.06. The minimum atomic E-state index is 0.339. The zero-order chi connectivity index (χ0) is 12.3. The normalized spacial score (nSPS) is 20.4. The van der Waals surface area contributed by atoms with Gasteiger partial charge in [-0.3, -0.25) is 0 Å². The molecule has 1 fully saturated rings. The number of hydrogen-bond donors (Lipinski definition) is 1. The van der Waals surface area contributed by atoms with Gasteiger partial charge in [0.2, 0.25) is 5.88 Å². The molecule has 0 saturated carbocycles. The van der Waals surface area contributed by atoms with Crippen LogP contribution in [0.3, 0.4) is 0 Å². The first-order valence-corrected chi connectivity index (χ1v) is 5.91. The van der Waals surface area contributed by atoms with E-state index < -0.39 is 0 Å². The van der Waals surface area contributed by atoms with Crippen LogP contribution in [-0.2, 0) is 4.74 Å². The van der Waals surface area contributed by atoms with E-state index in [0.717, 1.165) is 32.0 Å². The van der Waals surface area contributed by atoms with Crippen molar-refractivity contribution < 1.29 is 9.47 Å². The van der Waals surface area contributed by atoms with Gasteiger partial charge in [-0.25, -0.2) is 0 Å². The van der Waals surface area contributed by atoms with Crippen molar-refractivity contribution in [3.05, 3.63) is 12.1 Å². The predicted molar refractivity (Wildman–Crippen MR) is 67.4 cm³/mol. The summed E-state index contributed by atoms with van der Waals surface area (Å²) < 4.78 is 10.6. The quantitative estimate of drug-likeness (QED) is 0.858. The van der Waals surface area contributed by atoms with Crippen molar-refractivity contribution in [3.63, 3.8) is 0 Å². The molecule has 2 heterocycles. The van der Waals surface area contributed by atoms with Crippen LogP contribution in [-0.4, -0.2) is 37.9 Å². The summed E-state index contributed by atoms with van der Waals surface area (Å²) >= 11 is 0. The van der Waals surface area contributed by atoms with E-state index in [1.807, 2.05) is 6.07 Å². The number of nitrogens with zero attached hydrogens (tertiary/aromatic N) is 2. The van der Waals surface area contributed by atoms with Gasteiger partial charge in [0.25, 0.3) is 0 Å². The molecule has 1 atom stereocenters. The number of aromatic nitrogens is 1. The molecule has 1 aromatic rings. The fourth-order valence-electron chi connectivity index (χ4n) is 2.06. The molecular weight excluding hydrogens is 218 g/mol. The molecule has 1 aromatic heterocycles. The average Bonchev–Trinajstić information content (AvgIpc) is 2.39. The second-order valence-corrected chi connectivity index (χ2v) is 4.10. The summed E-state index contributed by atoms with van der Waals surface area (Å²) in [6.45, 7) is 4.41. The van der Waals surface area contributed by atoms with E-state index in [9.17, 15) is 0 Å². The highest BCUT2D eigenvalue weighted by atomic mass is 16.5. The van der Waals surface area contributed by atoms with E-state index in [1.54, 1.807) is 13.2 Å². The van der Waals surface area contributed by atoms with Gasteiger partial charge in [-0.2, -0.15) is 4.98 Å². The van der Waals surface area contributed by atoms with Gasteiger partial charge in [-0.05, 0) is 12.5 Å². The van der Waals surface area contributed by atoms with Crippen LogP contribution in [0.25, 0.3) is 0 Å². The Morgan fingerprint density at radius 3 is 3.12 bits per heavy atom. The van der Waals surface area contributed by atoms with Crippen LogP contribution in [0.15, 0.2) is 12.1 Å². The highest BCUT2D eigenvalue weighted by molar-refractivity contribution is 5.64. The van der Waals surface area contributed by atoms with Gasteiger partial charge < -0.3 is 20.1 Å². The third kappa shape index (κ3) is 2.44. The summed E-state index contributed by atoms with van der Waals surface area (Å²) in [7, 11) is 1.61. The van der Waals surface area contributed by atoms with Crippen molar-refractivity contribution in [3.8, 4) is 5.88 Å². The van der Waals surface area contributed by atoms with Gasteiger partial charge in [0.05, 0.1) is 32.1 Å². The first kappa shape index (κ1) is 12.0. The minimum absolute atomic E-state index is 0.339. The lowest BCUT2D eigenvalue weighted by atomic mass is 10.1. The smallest absolute Gasteiger partial charge is 0.215 e. The van der Waals surface area contributed by atoms with Crippen molar-refractivity contribution >= 4 is 11.5 Å². The Bertz CT molecular complexity index is 384. The molecular formula is C12H19N3O2. The van der Waals surface area contributed by atoms with E-state index in [1.165, 1.54) is 0 Å². The number of pyridine rings is 1. The number of methoxy groups -OCH3 is 1. The summed E-state index contributed by atoms with van der Waals surface area (Å²) in [5, 5.41) is 0. The third-order valence-electron chi connectivity index (χ3n) is 3.06. The van der Waals surface area contributed by atoms with Gasteiger partial charge in [0.1, 0.15) is 0 Å². The Labute approximate surface area is 102 Å². The van der Waals surface area contributed by atoms with Crippen LogP contribution in [0.4, 0.5) is 11.5 Å². The molecule has 5 nitrogen and oxygen atoms in total. The van der Waals surface area contributed by atoms with Crippen molar-refractivity contribution in [1.82, 2.24) is 4.98 Å². The molecule has 0 aromatic carbocycles. The number of anilines is 2. The molecule has 5 heteroatoms. The lowest BCUT2D eigenvalue weighted by Gasteiger charge is -2.36. The summed E-state index contributed by atoms with van der Waals surface area (Å²) in [4.78, 5) is 6.65.